The van der Waals surface area contributed by atoms with E-state index in [1.165, 1.54) is 14.0 Å². The van der Waals surface area contributed by atoms with Crippen LogP contribution in [0.15, 0.2) is 12.1 Å². The van der Waals surface area contributed by atoms with Crippen molar-refractivity contribution in [3.8, 4) is 0 Å². The molecule has 0 heterocycles. The van der Waals surface area contributed by atoms with Gasteiger partial charge in [-0.1, -0.05) is 24.9 Å². The first kappa shape index (κ1) is 17.4. The highest BCUT2D eigenvalue weighted by molar-refractivity contribution is 6.33. The maximum absolute atomic E-state index is 13.2. The van der Waals surface area contributed by atoms with Crippen LogP contribution in [0.2, 0.25) is 5.02 Å². The molecule has 0 fully saturated rings. The summed E-state index contributed by atoms with van der Waals surface area (Å²) in [5.74, 6) is -3.75. The number of nitrogens with one attached hydrogen (secondary N) is 1. The Bertz CT molecular complexity index is 565. The Morgan fingerprint density at radius 2 is 1.90 bits per heavy atom. The van der Waals surface area contributed by atoms with Crippen LogP contribution in [0.3, 0.4) is 0 Å². The van der Waals surface area contributed by atoms with Crippen molar-refractivity contribution in [2.75, 3.05) is 7.11 Å². The van der Waals surface area contributed by atoms with Crippen LogP contribution in [0.25, 0.3) is 0 Å². The molecule has 0 saturated carbocycles. The number of methoxy groups -OCH3 is 1. The van der Waals surface area contributed by atoms with Crippen LogP contribution in [0.4, 0.5) is 8.78 Å². The van der Waals surface area contributed by atoms with Gasteiger partial charge in [0.2, 0.25) is 0 Å². The Kier molecular flexibility index (Phi) is 5.66. The van der Waals surface area contributed by atoms with Gasteiger partial charge >= 0.3 is 5.97 Å². The molecule has 0 bridgehead atoms. The Morgan fingerprint density at radius 3 is 2.43 bits per heavy atom. The first-order valence-electron chi connectivity index (χ1n) is 6.30. The van der Waals surface area contributed by atoms with Gasteiger partial charge in [-0.15, -0.1) is 0 Å². The summed E-state index contributed by atoms with van der Waals surface area (Å²) in [7, 11) is 1.20. The molecule has 1 atom stereocenters. The van der Waals surface area contributed by atoms with Crippen molar-refractivity contribution in [3.05, 3.63) is 34.4 Å². The van der Waals surface area contributed by atoms with Gasteiger partial charge in [-0.2, -0.15) is 0 Å². The predicted molar refractivity (Wildman–Crippen MR) is 74.2 cm³/mol. The third-order valence-corrected chi connectivity index (χ3v) is 3.34. The van der Waals surface area contributed by atoms with Crippen LogP contribution >= 0.6 is 11.6 Å². The maximum Gasteiger partial charge on any atom is 0.331 e. The second-order valence-corrected chi connectivity index (χ2v) is 5.18. The molecule has 21 heavy (non-hydrogen) atoms. The van der Waals surface area contributed by atoms with E-state index in [0.29, 0.717) is 25.0 Å². The van der Waals surface area contributed by atoms with Gasteiger partial charge in [0.15, 0.2) is 11.6 Å². The number of carbonyl (C=O) groups is 2. The molecule has 0 aliphatic carbocycles. The maximum atomic E-state index is 13.2. The van der Waals surface area contributed by atoms with Gasteiger partial charge in [0, 0.05) is 0 Å². The zero-order chi connectivity index (χ0) is 16.2. The lowest BCUT2D eigenvalue weighted by Crippen LogP contribution is -2.52. The van der Waals surface area contributed by atoms with Gasteiger partial charge in [-0.05, 0) is 25.5 Å². The lowest BCUT2D eigenvalue weighted by atomic mass is 9.95. The van der Waals surface area contributed by atoms with Gasteiger partial charge in [0.1, 0.15) is 5.54 Å². The fourth-order valence-electron chi connectivity index (χ4n) is 1.96. The first-order valence-corrected chi connectivity index (χ1v) is 6.68. The Balaban J connectivity index is 3.08. The van der Waals surface area contributed by atoms with Gasteiger partial charge in [0.25, 0.3) is 5.91 Å². The second kappa shape index (κ2) is 6.85. The van der Waals surface area contributed by atoms with E-state index in [9.17, 15) is 18.4 Å². The molecule has 0 radical (unpaired) electrons. The molecular formula is C14H16ClF2NO3. The molecule has 0 aromatic heterocycles. The Morgan fingerprint density at radius 1 is 1.33 bits per heavy atom. The van der Waals surface area contributed by atoms with Gasteiger partial charge < -0.3 is 10.1 Å². The van der Waals surface area contributed by atoms with E-state index in [0.717, 1.165) is 0 Å². The highest BCUT2D eigenvalue weighted by Crippen LogP contribution is 2.22. The zero-order valence-corrected chi connectivity index (χ0v) is 12.7. The van der Waals surface area contributed by atoms with E-state index in [-0.39, 0.29) is 10.6 Å². The molecule has 4 nitrogen and oxygen atoms in total. The Hall–Kier alpha value is -1.69. The van der Waals surface area contributed by atoms with Gasteiger partial charge in [-0.3, -0.25) is 4.79 Å². The molecule has 0 saturated heterocycles. The number of amides is 1. The summed E-state index contributed by atoms with van der Waals surface area (Å²) in [6, 6.07) is 1.40. The molecule has 116 valence electrons. The van der Waals surface area contributed by atoms with Crippen molar-refractivity contribution < 1.29 is 23.1 Å². The molecule has 0 spiro atoms. The zero-order valence-electron chi connectivity index (χ0n) is 11.9. The van der Waals surface area contributed by atoms with E-state index in [2.05, 4.69) is 10.1 Å². The van der Waals surface area contributed by atoms with Crippen LogP contribution in [-0.2, 0) is 9.53 Å². The summed E-state index contributed by atoms with van der Waals surface area (Å²) in [6.07, 6.45) is 0.935. The molecule has 1 aromatic carbocycles. The number of hydrogen-bond donors (Lipinski definition) is 1. The molecule has 1 N–H and O–H groups in total. The molecular weight excluding hydrogens is 304 g/mol. The molecule has 1 unspecified atom stereocenters. The summed E-state index contributed by atoms with van der Waals surface area (Å²) >= 11 is 5.73. The second-order valence-electron chi connectivity index (χ2n) is 4.77. The van der Waals surface area contributed by atoms with Crippen LogP contribution in [0, 0.1) is 11.6 Å². The summed E-state index contributed by atoms with van der Waals surface area (Å²) < 4.78 is 30.9. The minimum atomic E-state index is -1.27. The van der Waals surface area contributed by atoms with Crippen molar-refractivity contribution in [2.45, 2.75) is 32.2 Å². The third-order valence-electron chi connectivity index (χ3n) is 3.03. The standard InChI is InChI=1S/C14H16ClF2NO3/c1-4-5-14(2,13(20)21-3)18-12(19)8-6-10(16)11(17)7-9(8)15/h6-7H,4-5H2,1-3H3,(H,18,19). The monoisotopic (exact) mass is 319 g/mol. The fourth-order valence-corrected chi connectivity index (χ4v) is 2.19. The van der Waals surface area contributed by atoms with E-state index in [1.807, 2.05) is 6.92 Å². The molecule has 7 heteroatoms. The van der Waals surface area contributed by atoms with E-state index >= 15 is 0 Å². The largest absolute Gasteiger partial charge is 0.467 e. The molecule has 1 aromatic rings. The first-order chi connectivity index (χ1) is 9.75. The lowest BCUT2D eigenvalue weighted by Gasteiger charge is -2.27. The van der Waals surface area contributed by atoms with Crippen LogP contribution < -0.4 is 5.32 Å². The minimum absolute atomic E-state index is 0.241. The summed E-state index contributed by atoms with van der Waals surface area (Å²) in [5.41, 5.74) is -1.52. The molecule has 0 aliphatic rings. The number of benzene rings is 1. The number of ether oxygens (including phenoxy) is 1. The summed E-state index contributed by atoms with van der Waals surface area (Å²) in [6.45, 7) is 3.33. The average Bonchev–Trinajstić information content (AvgIpc) is 2.41. The Labute approximate surface area is 126 Å². The molecule has 1 rings (SSSR count). The number of esters is 1. The minimum Gasteiger partial charge on any atom is -0.467 e. The van der Waals surface area contributed by atoms with Crippen molar-refractivity contribution in [2.24, 2.45) is 0 Å². The van der Waals surface area contributed by atoms with Crippen molar-refractivity contribution in [3.63, 3.8) is 0 Å². The van der Waals surface area contributed by atoms with Crippen LogP contribution in [-0.4, -0.2) is 24.5 Å². The fraction of sp³-hybridized carbons (Fsp3) is 0.429. The number of halogens is 3. The molecule has 1 amide bonds. The highest BCUT2D eigenvalue weighted by atomic mass is 35.5. The van der Waals surface area contributed by atoms with E-state index in [4.69, 9.17) is 11.6 Å². The van der Waals surface area contributed by atoms with Crippen molar-refractivity contribution in [1.29, 1.82) is 0 Å². The average molecular weight is 320 g/mol. The lowest BCUT2D eigenvalue weighted by molar-refractivity contribution is -0.147. The number of hydrogen-bond acceptors (Lipinski definition) is 3. The smallest absolute Gasteiger partial charge is 0.331 e. The number of carbonyl (C=O) groups excluding carboxylic acids is 2. The molecule has 0 aliphatic heterocycles. The topological polar surface area (TPSA) is 55.4 Å². The highest BCUT2D eigenvalue weighted by Gasteiger charge is 2.35. The third kappa shape index (κ3) is 3.91. The van der Waals surface area contributed by atoms with Crippen LogP contribution in [0.5, 0.6) is 0 Å². The summed E-state index contributed by atoms with van der Waals surface area (Å²) in [4.78, 5) is 23.9. The van der Waals surface area contributed by atoms with Crippen molar-refractivity contribution >= 4 is 23.5 Å². The van der Waals surface area contributed by atoms with Gasteiger partial charge in [0.05, 0.1) is 17.7 Å². The summed E-state index contributed by atoms with van der Waals surface area (Å²) in [5, 5.41) is 2.22. The number of rotatable bonds is 5. The van der Waals surface area contributed by atoms with E-state index < -0.39 is 29.0 Å². The van der Waals surface area contributed by atoms with Gasteiger partial charge in [-0.25, -0.2) is 13.6 Å². The van der Waals surface area contributed by atoms with E-state index in [1.54, 1.807) is 0 Å². The van der Waals surface area contributed by atoms with Crippen LogP contribution in [0.1, 0.15) is 37.0 Å². The quantitative estimate of drug-likeness (QED) is 0.670. The predicted octanol–water partition coefficient (Wildman–Crippen LogP) is 3.08. The normalized spacial score (nSPS) is 13.4. The van der Waals surface area contributed by atoms with Crippen molar-refractivity contribution in [1.82, 2.24) is 5.32 Å². The SMILES string of the molecule is CCCC(C)(NC(=O)c1cc(F)c(F)cc1Cl)C(=O)OC.